The number of rotatable bonds is 7. The van der Waals surface area contributed by atoms with E-state index in [1.165, 1.54) is 6.39 Å². The summed E-state index contributed by atoms with van der Waals surface area (Å²) in [6.45, 7) is 3.74. The standard InChI is InChI=1S/C15H20N6O2/c1-2-3-5-15(18-19-15)6-4-14(22)21-9-7-20(8-10-21)11-13-16-12-23-17-13/h1,12H,3-11H2. The minimum atomic E-state index is -0.373. The van der Waals surface area contributed by atoms with E-state index in [-0.39, 0.29) is 11.6 Å². The summed E-state index contributed by atoms with van der Waals surface area (Å²) >= 11 is 0. The van der Waals surface area contributed by atoms with Crippen molar-refractivity contribution in [3.8, 4) is 12.3 Å². The zero-order chi connectivity index (χ0) is 16.1. The van der Waals surface area contributed by atoms with Crippen LogP contribution < -0.4 is 0 Å². The van der Waals surface area contributed by atoms with Crippen molar-refractivity contribution in [2.75, 3.05) is 26.2 Å². The molecule has 23 heavy (non-hydrogen) atoms. The van der Waals surface area contributed by atoms with Crippen LogP contribution in [0.4, 0.5) is 0 Å². The van der Waals surface area contributed by atoms with Gasteiger partial charge in [0.2, 0.25) is 12.3 Å². The van der Waals surface area contributed by atoms with Gasteiger partial charge >= 0.3 is 0 Å². The predicted molar refractivity (Wildman–Crippen MR) is 81.0 cm³/mol. The fourth-order valence-corrected chi connectivity index (χ4v) is 2.75. The van der Waals surface area contributed by atoms with Crippen LogP contribution in [-0.2, 0) is 11.3 Å². The first kappa shape index (κ1) is 15.6. The van der Waals surface area contributed by atoms with Gasteiger partial charge in [-0.25, -0.2) is 0 Å². The third-order valence-corrected chi connectivity index (χ3v) is 4.29. The Bertz CT molecular complexity index is 592. The molecule has 1 aromatic heterocycles. The molecule has 8 nitrogen and oxygen atoms in total. The molecule has 0 saturated carbocycles. The van der Waals surface area contributed by atoms with Gasteiger partial charge in [0.05, 0.1) is 6.54 Å². The van der Waals surface area contributed by atoms with Gasteiger partial charge in [0.15, 0.2) is 11.5 Å². The molecule has 0 bridgehead atoms. The Kier molecular flexibility index (Phi) is 4.67. The van der Waals surface area contributed by atoms with Crippen LogP contribution in [0, 0.1) is 12.3 Å². The van der Waals surface area contributed by atoms with Crippen LogP contribution in [-0.4, -0.2) is 57.7 Å². The fourth-order valence-electron chi connectivity index (χ4n) is 2.75. The van der Waals surface area contributed by atoms with Crippen LogP contribution >= 0.6 is 0 Å². The van der Waals surface area contributed by atoms with Crippen molar-refractivity contribution in [2.45, 2.75) is 37.9 Å². The second-order valence-corrected chi connectivity index (χ2v) is 5.89. The first-order chi connectivity index (χ1) is 11.2. The molecule has 0 unspecified atom stereocenters. The molecule has 0 radical (unpaired) electrons. The monoisotopic (exact) mass is 316 g/mol. The number of aromatic nitrogens is 2. The number of piperazine rings is 1. The van der Waals surface area contributed by atoms with Gasteiger partial charge in [-0.2, -0.15) is 15.2 Å². The Hall–Kier alpha value is -2.27. The maximum absolute atomic E-state index is 12.3. The summed E-state index contributed by atoms with van der Waals surface area (Å²) in [5.74, 6) is 3.45. The van der Waals surface area contributed by atoms with Gasteiger partial charge in [-0.3, -0.25) is 9.69 Å². The predicted octanol–water partition coefficient (Wildman–Crippen LogP) is 1.07. The van der Waals surface area contributed by atoms with Crippen LogP contribution in [0.3, 0.4) is 0 Å². The highest BCUT2D eigenvalue weighted by Gasteiger charge is 2.39. The number of carbonyl (C=O) groups is 1. The molecule has 2 aliphatic heterocycles. The lowest BCUT2D eigenvalue weighted by molar-refractivity contribution is -0.133. The van der Waals surface area contributed by atoms with Crippen molar-refractivity contribution >= 4 is 5.91 Å². The Morgan fingerprint density at radius 2 is 2.09 bits per heavy atom. The highest BCUT2D eigenvalue weighted by molar-refractivity contribution is 5.76. The first-order valence-electron chi connectivity index (χ1n) is 7.84. The molecule has 2 aliphatic rings. The van der Waals surface area contributed by atoms with Crippen molar-refractivity contribution in [1.29, 1.82) is 0 Å². The summed E-state index contributed by atoms with van der Waals surface area (Å²) in [4.78, 5) is 20.5. The van der Waals surface area contributed by atoms with E-state index in [0.29, 0.717) is 31.6 Å². The summed E-state index contributed by atoms with van der Waals surface area (Å²) in [5, 5.41) is 11.9. The third kappa shape index (κ3) is 4.13. The summed E-state index contributed by atoms with van der Waals surface area (Å²) in [5.41, 5.74) is -0.373. The van der Waals surface area contributed by atoms with E-state index in [2.05, 4.69) is 31.2 Å². The van der Waals surface area contributed by atoms with Crippen LogP contribution in [0.5, 0.6) is 0 Å². The van der Waals surface area contributed by atoms with Gasteiger partial charge in [-0.05, 0) is 0 Å². The van der Waals surface area contributed by atoms with Gasteiger partial charge in [0.25, 0.3) is 0 Å². The van der Waals surface area contributed by atoms with Gasteiger partial charge < -0.3 is 9.42 Å². The highest BCUT2D eigenvalue weighted by atomic mass is 16.5. The molecule has 0 aliphatic carbocycles. The Balaban J connectivity index is 1.38. The maximum atomic E-state index is 12.3. The van der Waals surface area contributed by atoms with Gasteiger partial charge in [0.1, 0.15) is 0 Å². The average Bonchev–Trinajstić information content (AvgIpc) is 3.17. The number of nitrogens with zero attached hydrogens (tertiary/aromatic N) is 6. The SMILES string of the molecule is C#CCCC1(CCC(=O)N2CCN(Cc3ncon3)CC2)N=N1. The zero-order valence-electron chi connectivity index (χ0n) is 13.0. The van der Waals surface area contributed by atoms with Gasteiger partial charge in [0, 0.05) is 51.9 Å². The van der Waals surface area contributed by atoms with Gasteiger partial charge in [-0.15, -0.1) is 12.3 Å². The Labute approximate surface area is 134 Å². The van der Waals surface area contributed by atoms with E-state index in [1.54, 1.807) is 0 Å². The van der Waals surface area contributed by atoms with E-state index in [0.717, 1.165) is 32.6 Å². The molecule has 1 fully saturated rings. The summed E-state index contributed by atoms with van der Waals surface area (Å²) in [6, 6.07) is 0. The van der Waals surface area contributed by atoms with Crippen molar-refractivity contribution < 1.29 is 9.32 Å². The second-order valence-electron chi connectivity index (χ2n) is 5.89. The molecule has 1 amide bonds. The molecule has 1 aromatic rings. The lowest BCUT2D eigenvalue weighted by atomic mass is 10.0. The van der Waals surface area contributed by atoms with Crippen LogP contribution in [0.2, 0.25) is 0 Å². The molecule has 0 spiro atoms. The van der Waals surface area contributed by atoms with Crippen molar-refractivity contribution in [1.82, 2.24) is 19.9 Å². The van der Waals surface area contributed by atoms with Crippen LogP contribution in [0.15, 0.2) is 21.1 Å². The Morgan fingerprint density at radius 1 is 1.30 bits per heavy atom. The van der Waals surface area contributed by atoms with Crippen molar-refractivity contribution in [2.24, 2.45) is 10.2 Å². The Morgan fingerprint density at radius 3 is 2.70 bits per heavy atom. The fraction of sp³-hybridized carbons (Fsp3) is 0.667. The van der Waals surface area contributed by atoms with Gasteiger partial charge in [-0.1, -0.05) is 5.16 Å². The van der Waals surface area contributed by atoms with E-state index >= 15 is 0 Å². The summed E-state index contributed by atoms with van der Waals surface area (Å²) in [7, 11) is 0. The molecule has 3 heterocycles. The summed E-state index contributed by atoms with van der Waals surface area (Å²) < 4.78 is 4.73. The van der Waals surface area contributed by atoms with E-state index < -0.39 is 0 Å². The largest absolute Gasteiger partial charge is 0.343 e. The lowest BCUT2D eigenvalue weighted by Gasteiger charge is -2.34. The smallest absolute Gasteiger partial charge is 0.222 e. The quantitative estimate of drug-likeness (QED) is 0.702. The molecule has 0 aromatic carbocycles. The third-order valence-electron chi connectivity index (χ3n) is 4.29. The number of hydrogen-bond acceptors (Lipinski definition) is 7. The number of amides is 1. The minimum Gasteiger partial charge on any atom is -0.343 e. The molecule has 1 saturated heterocycles. The topological polar surface area (TPSA) is 87.2 Å². The molecule has 122 valence electrons. The molecule has 0 N–H and O–H groups in total. The first-order valence-corrected chi connectivity index (χ1v) is 7.84. The maximum Gasteiger partial charge on any atom is 0.222 e. The molecule has 8 heteroatoms. The molecular weight excluding hydrogens is 296 g/mol. The molecule has 0 atom stereocenters. The molecular formula is C15H20N6O2. The van der Waals surface area contributed by atoms with Crippen molar-refractivity contribution in [3.05, 3.63) is 12.2 Å². The van der Waals surface area contributed by atoms with E-state index in [1.807, 2.05) is 4.90 Å². The highest BCUT2D eigenvalue weighted by Crippen LogP contribution is 2.37. The van der Waals surface area contributed by atoms with E-state index in [4.69, 9.17) is 10.9 Å². The zero-order valence-corrected chi connectivity index (χ0v) is 13.0. The minimum absolute atomic E-state index is 0.168. The van der Waals surface area contributed by atoms with Crippen LogP contribution in [0.1, 0.15) is 31.5 Å². The molecule has 3 rings (SSSR count). The van der Waals surface area contributed by atoms with E-state index in [9.17, 15) is 4.79 Å². The summed E-state index contributed by atoms with van der Waals surface area (Å²) in [6.07, 6.45) is 9.13. The number of carbonyl (C=O) groups excluding carboxylic acids is 1. The van der Waals surface area contributed by atoms with Crippen LogP contribution in [0.25, 0.3) is 0 Å². The average molecular weight is 316 g/mol. The number of terminal acetylenes is 1. The second kappa shape index (κ2) is 6.87. The normalized spacial score (nSPS) is 19.5. The lowest BCUT2D eigenvalue weighted by Crippen LogP contribution is -2.48. The van der Waals surface area contributed by atoms with Crippen molar-refractivity contribution in [3.63, 3.8) is 0 Å². The number of hydrogen-bond donors (Lipinski definition) is 0.